The van der Waals surface area contributed by atoms with Crippen molar-refractivity contribution in [3.8, 4) is 32.8 Å². The molecule has 0 aliphatic heterocycles. The molecule has 0 bridgehead atoms. The number of aromatic nitrogens is 1. The molecule has 0 saturated heterocycles. The molecule has 10 rings (SSSR count). The molecule has 2 nitrogen and oxygen atoms in total. The second-order valence-corrected chi connectivity index (χ2v) is 14.9. The SMILES string of the molecule is c1ccc(-c2cc(-c3ccccc3)cc(N(c3ccc4c(ccc5nc(-c6ccccc6)sc54)c3)c3ccc4c(c3)sc3ccccc34)c2)cc1. The predicted octanol–water partition coefficient (Wildman–Crippen LogP) is 14.3. The Morgan fingerprint density at radius 3 is 1.67 bits per heavy atom. The lowest BCUT2D eigenvalue weighted by molar-refractivity contribution is 1.30. The number of thiazole rings is 1. The van der Waals surface area contributed by atoms with E-state index in [1.807, 2.05) is 11.3 Å². The van der Waals surface area contributed by atoms with E-state index in [2.05, 4.69) is 187 Å². The first kappa shape index (κ1) is 29.8. The van der Waals surface area contributed by atoms with Crippen molar-refractivity contribution in [1.82, 2.24) is 4.98 Å². The zero-order valence-corrected chi connectivity index (χ0v) is 29.2. The molecule has 0 spiro atoms. The molecular weight excluding hydrogens is 657 g/mol. The maximum absolute atomic E-state index is 5.02. The summed E-state index contributed by atoms with van der Waals surface area (Å²) in [5, 5.41) is 6.06. The van der Waals surface area contributed by atoms with E-state index < -0.39 is 0 Å². The van der Waals surface area contributed by atoms with Crippen LogP contribution in [0.1, 0.15) is 0 Å². The van der Waals surface area contributed by atoms with E-state index in [4.69, 9.17) is 4.98 Å². The van der Waals surface area contributed by atoms with E-state index >= 15 is 0 Å². The third-order valence-corrected chi connectivity index (χ3v) is 11.9. The van der Waals surface area contributed by atoms with Gasteiger partial charge < -0.3 is 4.90 Å². The van der Waals surface area contributed by atoms with Crippen molar-refractivity contribution in [1.29, 1.82) is 0 Å². The molecule has 0 saturated carbocycles. The number of thiophene rings is 1. The van der Waals surface area contributed by atoms with Crippen molar-refractivity contribution in [2.45, 2.75) is 0 Å². The van der Waals surface area contributed by atoms with Gasteiger partial charge in [-0.05, 0) is 82.2 Å². The molecule has 0 unspecified atom stereocenters. The molecule has 0 amide bonds. The Morgan fingerprint density at radius 2 is 0.961 bits per heavy atom. The van der Waals surface area contributed by atoms with Gasteiger partial charge >= 0.3 is 0 Å². The van der Waals surface area contributed by atoms with Gasteiger partial charge in [-0.25, -0.2) is 4.98 Å². The molecule has 0 radical (unpaired) electrons. The standard InChI is InChI=1S/C47H30N2S2/c1-4-12-31(13-5-1)35-26-36(32-14-6-2-7-15-32)29-39(28-35)49(38-22-24-42-41-18-10-11-19-44(41)50-45(42)30-38)37-21-23-40-34(27-37)20-25-43-46(40)51-47(48-43)33-16-8-3-9-17-33/h1-30H. The van der Waals surface area contributed by atoms with Crippen LogP contribution in [0.15, 0.2) is 182 Å². The smallest absolute Gasteiger partial charge is 0.124 e. The van der Waals surface area contributed by atoms with Crippen molar-refractivity contribution in [3.63, 3.8) is 0 Å². The van der Waals surface area contributed by atoms with Crippen molar-refractivity contribution in [2.75, 3.05) is 4.90 Å². The molecular formula is C47H30N2S2. The number of fused-ring (bicyclic) bond motifs is 6. The van der Waals surface area contributed by atoms with Crippen LogP contribution in [0.25, 0.3) is 74.0 Å². The minimum atomic E-state index is 1.04. The summed E-state index contributed by atoms with van der Waals surface area (Å²) >= 11 is 3.62. The molecule has 10 aromatic rings. The molecule has 8 aromatic carbocycles. The zero-order chi connectivity index (χ0) is 33.7. The number of anilines is 3. The Balaban J connectivity index is 1.19. The molecule has 2 aromatic heterocycles. The van der Waals surface area contributed by atoms with Crippen LogP contribution in [0.3, 0.4) is 0 Å². The van der Waals surface area contributed by atoms with Crippen molar-refractivity contribution >= 4 is 80.9 Å². The minimum absolute atomic E-state index is 1.04. The molecule has 0 aliphatic carbocycles. The first-order chi connectivity index (χ1) is 25.2. The number of benzene rings is 8. The highest BCUT2D eigenvalue weighted by Crippen LogP contribution is 2.44. The fourth-order valence-corrected chi connectivity index (χ4v) is 9.42. The lowest BCUT2D eigenvalue weighted by Crippen LogP contribution is -2.10. The molecule has 240 valence electrons. The van der Waals surface area contributed by atoms with E-state index in [9.17, 15) is 0 Å². The summed E-state index contributed by atoms with van der Waals surface area (Å²) in [6.07, 6.45) is 0. The summed E-state index contributed by atoms with van der Waals surface area (Å²) in [6.45, 7) is 0. The van der Waals surface area contributed by atoms with Gasteiger partial charge in [-0.3, -0.25) is 0 Å². The highest BCUT2D eigenvalue weighted by molar-refractivity contribution is 7.25. The Hall–Kier alpha value is -6.07. The highest BCUT2D eigenvalue weighted by Gasteiger charge is 2.19. The number of rotatable bonds is 6. The molecule has 2 heterocycles. The predicted molar refractivity (Wildman–Crippen MR) is 221 cm³/mol. The number of hydrogen-bond acceptors (Lipinski definition) is 4. The van der Waals surface area contributed by atoms with Gasteiger partial charge in [0.1, 0.15) is 5.01 Å². The highest BCUT2D eigenvalue weighted by atomic mass is 32.1. The molecule has 4 heteroatoms. The minimum Gasteiger partial charge on any atom is -0.310 e. The van der Waals surface area contributed by atoms with Crippen molar-refractivity contribution in [2.24, 2.45) is 0 Å². The fraction of sp³-hybridized carbons (Fsp3) is 0. The van der Waals surface area contributed by atoms with Gasteiger partial charge in [0.15, 0.2) is 0 Å². The van der Waals surface area contributed by atoms with E-state index in [1.54, 1.807) is 11.3 Å². The summed E-state index contributed by atoms with van der Waals surface area (Å²) in [5.74, 6) is 0. The van der Waals surface area contributed by atoms with Crippen LogP contribution in [-0.4, -0.2) is 4.98 Å². The Bertz CT molecular complexity index is 2800. The second kappa shape index (κ2) is 12.4. The summed E-state index contributed by atoms with van der Waals surface area (Å²) in [7, 11) is 0. The number of nitrogens with zero attached hydrogens (tertiary/aromatic N) is 2. The first-order valence-electron chi connectivity index (χ1n) is 17.1. The molecule has 0 atom stereocenters. The van der Waals surface area contributed by atoms with Gasteiger partial charge in [-0.1, -0.05) is 127 Å². The summed E-state index contributed by atoms with van der Waals surface area (Å²) in [4.78, 5) is 7.44. The van der Waals surface area contributed by atoms with Crippen molar-refractivity contribution < 1.29 is 0 Å². The van der Waals surface area contributed by atoms with Crippen LogP contribution in [0.4, 0.5) is 17.1 Å². The first-order valence-corrected chi connectivity index (χ1v) is 18.7. The van der Waals surface area contributed by atoms with Gasteiger partial charge in [0.2, 0.25) is 0 Å². The topological polar surface area (TPSA) is 16.1 Å². The molecule has 0 fully saturated rings. The van der Waals surface area contributed by atoms with Gasteiger partial charge in [0, 0.05) is 48.2 Å². The normalized spacial score (nSPS) is 11.5. The Kier molecular flexibility index (Phi) is 7.23. The van der Waals surface area contributed by atoms with Crippen LogP contribution in [-0.2, 0) is 0 Å². The van der Waals surface area contributed by atoms with Gasteiger partial charge in [-0.15, -0.1) is 22.7 Å². The average molecular weight is 687 g/mol. The summed E-state index contributed by atoms with van der Waals surface area (Å²) < 4.78 is 3.80. The van der Waals surface area contributed by atoms with Crippen LogP contribution in [0.5, 0.6) is 0 Å². The maximum Gasteiger partial charge on any atom is 0.124 e. The summed E-state index contributed by atoms with van der Waals surface area (Å²) in [5.41, 5.74) is 10.3. The monoisotopic (exact) mass is 686 g/mol. The second-order valence-electron chi connectivity index (χ2n) is 12.8. The van der Waals surface area contributed by atoms with E-state index in [1.165, 1.54) is 57.9 Å². The Labute approximate surface area is 304 Å². The van der Waals surface area contributed by atoms with Gasteiger partial charge in [-0.2, -0.15) is 0 Å². The fourth-order valence-electron chi connectivity index (χ4n) is 7.18. The van der Waals surface area contributed by atoms with E-state index in [-0.39, 0.29) is 0 Å². The third kappa shape index (κ3) is 5.37. The molecule has 0 aliphatic rings. The van der Waals surface area contributed by atoms with Crippen LogP contribution in [0.2, 0.25) is 0 Å². The lowest BCUT2D eigenvalue weighted by Gasteiger charge is -2.27. The van der Waals surface area contributed by atoms with Crippen LogP contribution < -0.4 is 4.90 Å². The number of hydrogen-bond donors (Lipinski definition) is 0. The lowest BCUT2D eigenvalue weighted by atomic mass is 9.97. The average Bonchev–Trinajstić information content (AvgIpc) is 3.81. The van der Waals surface area contributed by atoms with E-state index in [0.29, 0.717) is 0 Å². The van der Waals surface area contributed by atoms with Gasteiger partial charge in [0.25, 0.3) is 0 Å². The summed E-state index contributed by atoms with van der Waals surface area (Å²) in [6, 6.07) is 65.8. The van der Waals surface area contributed by atoms with Crippen LogP contribution >= 0.6 is 22.7 Å². The van der Waals surface area contributed by atoms with Crippen LogP contribution in [0, 0.1) is 0 Å². The molecule has 51 heavy (non-hydrogen) atoms. The largest absolute Gasteiger partial charge is 0.310 e. The maximum atomic E-state index is 5.02. The van der Waals surface area contributed by atoms with E-state index in [0.717, 1.165) is 33.1 Å². The quantitative estimate of drug-likeness (QED) is 0.173. The zero-order valence-electron chi connectivity index (χ0n) is 27.5. The third-order valence-electron chi connectivity index (χ3n) is 9.64. The molecule has 0 N–H and O–H groups in total. The Morgan fingerprint density at radius 1 is 0.373 bits per heavy atom. The van der Waals surface area contributed by atoms with Gasteiger partial charge in [0.05, 0.1) is 10.2 Å². The van der Waals surface area contributed by atoms with Crippen molar-refractivity contribution in [3.05, 3.63) is 182 Å².